The van der Waals surface area contributed by atoms with Gasteiger partial charge in [-0.05, 0) is 39.3 Å². The van der Waals surface area contributed by atoms with Gasteiger partial charge in [-0.15, -0.1) is 0 Å². The van der Waals surface area contributed by atoms with Crippen molar-refractivity contribution in [1.82, 2.24) is 10.6 Å². The molecular weight excluding hydrogens is 180 g/mol. The lowest BCUT2D eigenvalue weighted by Crippen LogP contribution is -2.48. The lowest BCUT2D eigenvalue weighted by atomic mass is 9.96. The van der Waals surface area contributed by atoms with Crippen molar-refractivity contribution in [3.8, 4) is 0 Å². The summed E-state index contributed by atoms with van der Waals surface area (Å²) in [6.07, 6.45) is 1.20. The van der Waals surface area contributed by atoms with E-state index in [1.807, 2.05) is 13.8 Å². The molecule has 1 amide bonds. The molecule has 1 aliphatic heterocycles. The number of carbonyl (C=O) groups is 1. The molecule has 82 valence electrons. The lowest BCUT2D eigenvalue weighted by Gasteiger charge is -2.30. The molecule has 0 aliphatic carbocycles. The molecule has 0 aromatic rings. The van der Waals surface area contributed by atoms with Crippen LogP contribution in [0.2, 0.25) is 0 Å². The summed E-state index contributed by atoms with van der Waals surface area (Å²) in [5.41, 5.74) is -0.289. The molecule has 0 atom stereocenters. The Labute approximate surface area is 85.1 Å². The molecule has 14 heavy (non-hydrogen) atoms. The van der Waals surface area contributed by atoms with Crippen LogP contribution in [-0.2, 0) is 4.79 Å². The minimum absolute atomic E-state index is 0.0925. The van der Waals surface area contributed by atoms with E-state index in [0.717, 1.165) is 13.1 Å². The van der Waals surface area contributed by atoms with E-state index in [4.69, 9.17) is 5.11 Å². The zero-order valence-corrected chi connectivity index (χ0v) is 8.97. The Morgan fingerprint density at radius 3 is 2.64 bits per heavy atom. The first kappa shape index (κ1) is 11.5. The summed E-state index contributed by atoms with van der Waals surface area (Å²) in [6.45, 7) is 5.88. The molecule has 0 bridgehead atoms. The molecule has 1 saturated heterocycles. The van der Waals surface area contributed by atoms with Crippen molar-refractivity contribution in [2.75, 3.05) is 19.7 Å². The summed E-state index contributed by atoms with van der Waals surface area (Å²) in [4.78, 5) is 11.5. The normalized spacial score (nSPS) is 17.6. The minimum atomic E-state index is -0.289. The highest BCUT2D eigenvalue weighted by molar-refractivity contribution is 5.77. The SMILES string of the molecule is CC(C)(CCO)NC(=O)CC1CNC1. The molecule has 0 aromatic heterocycles. The number of nitrogens with one attached hydrogen (secondary N) is 2. The van der Waals surface area contributed by atoms with Gasteiger partial charge in [0.05, 0.1) is 0 Å². The Morgan fingerprint density at radius 2 is 2.21 bits per heavy atom. The molecule has 0 saturated carbocycles. The van der Waals surface area contributed by atoms with Gasteiger partial charge in [-0.2, -0.15) is 0 Å². The van der Waals surface area contributed by atoms with Gasteiger partial charge in [0.15, 0.2) is 0 Å². The standard InChI is InChI=1S/C10H20N2O2/c1-10(2,3-4-13)12-9(14)5-8-6-11-7-8/h8,11,13H,3-7H2,1-2H3,(H,12,14). The van der Waals surface area contributed by atoms with Crippen molar-refractivity contribution in [3.63, 3.8) is 0 Å². The Balaban J connectivity index is 2.23. The maximum atomic E-state index is 11.5. The first-order chi connectivity index (χ1) is 6.53. The highest BCUT2D eigenvalue weighted by atomic mass is 16.3. The van der Waals surface area contributed by atoms with Crippen molar-refractivity contribution in [3.05, 3.63) is 0 Å². The second-order valence-corrected chi connectivity index (χ2v) is 4.63. The zero-order valence-electron chi connectivity index (χ0n) is 8.97. The number of aliphatic hydroxyl groups is 1. The number of hydrogen-bond acceptors (Lipinski definition) is 3. The summed E-state index contributed by atoms with van der Waals surface area (Å²) in [6, 6.07) is 0. The first-order valence-corrected chi connectivity index (χ1v) is 5.16. The van der Waals surface area contributed by atoms with E-state index in [-0.39, 0.29) is 18.1 Å². The molecule has 1 heterocycles. The van der Waals surface area contributed by atoms with E-state index in [1.54, 1.807) is 0 Å². The van der Waals surface area contributed by atoms with E-state index in [0.29, 0.717) is 18.8 Å². The van der Waals surface area contributed by atoms with Crippen LogP contribution in [0.4, 0.5) is 0 Å². The number of aliphatic hydroxyl groups excluding tert-OH is 1. The summed E-state index contributed by atoms with van der Waals surface area (Å²) >= 11 is 0. The Hall–Kier alpha value is -0.610. The number of carbonyl (C=O) groups excluding carboxylic acids is 1. The van der Waals surface area contributed by atoms with Gasteiger partial charge >= 0.3 is 0 Å². The quantitative estimate of drug-likeness (QED) is 0.579. The third-order valence-corrected chi connectivity index (χ3v) is 2.55. The minimum Gasteiger partial charge on any atom is -0.396 e. The largest absolute Gasteiger partial charge is 0.396 e. The van der Waals surface area contributed by atoms with Gasteiger partial charge in [-0.1, -0.05) is 0 Å². The third-order valence-electron chi connectivity index (χ3n) is 2.55. The van der Waals surface area contributed by atoms with Crippen LogP contribution in [0.1, 0.15) is 26.7 Å². The van der Waals surface area contributed by atoms with Gasteiger partial charge in [-0.25, -0.2) is 0 Å². The highest BCUT2D eigenvalue weighted by Gasteiger charge is 2.24. The van der Waals surface area contributed by atoms with Crippen LogP contribution in [-0.4, -0.2) is 36.2 Å². The summed E-state index contributed by atoms with van der Waals surface area (Å²) in [7, 11) is 0. The van der Waals surface area contributed by atoms with Gasteiger partial charge in [-0.3, -0.25) is 4.79 Å². The van der Waals surface area contributed by atoms with Gasteiger partial charge < -0.3 is 15.7 Å². The van der Waals surface area contributed by atoms with Crippen molar-refractivity contribution in [2.24, 2.45) is 5.92 Å². The van der Waals surface area contributed by atoms with E-state index in [2.05, 4.69) is 10.6 Å². The predicted octanol–water partition coefficient (Wildman–Crippen LogP) is -0.127. The number of amides is 1. The van der Waals surface area contributed by atoms with Crippen LogP contribution in [0.3, 0.4) is 0 Å². The maximum absolute atomic E-state index is 11.5. The molecule has 0 spiro atoms. The Morgan fingerprint density at radius 1 is 1.57 bits per heavy atom. The van der Waals surface area contributed by atoms with E-state index in [1.165, 1.54) is 0 Å². The number of rotatable bonds is 5. The average Bonchev–Trinajstić information content (AvgIpc) is 1.95. The van der Waals surface area contributed by atoms with E-state index in [9.17, 15) is 4.79 Å². The van der Waals surface area contributed by atoms with Crippen LogP contribution >= 0.6 is 0 Å². The van der Waals surface area contributed by atoms with Gasteiger partial charge in [0, 0.05) is 18.6 Å². The Kier molecular flexibility index (Phi) is 3.89. The average molecular weight is 200 g/mol. The van der Waals surface area contributed by atoms with Crippen LogP contribution in [0.15, 0.2) is 0 Å². The summed E-state index contributed by atoms with van der Waals surface area (Å²) in [5, 5.41) is 14.9. The molecule has 0 radical (unpaired) electrons. The number of hydrogen-bond donors (Lipinski definition) is 3. The molecule has 3 N–H and O–H groups in total. The van der Waals surface area contributed by atoms with Crippen LogP contribution in [0, 0.1) is 5.92 Å². The highest BCUT2D eigenvalue weighted by Crippen LogP contribution is 2.11. The predicted molar refractivity (Wildman–Crippen MR) is 54.9 cm³/mol. The summed E-state index contributed by atoms with van der Waals surface area (Å²) in [5.74, 6) is 0.592. The second kappa shape index (κ2) is 4.75. The molecule has 0 unspecified atom stereocenters. The molecule has 0 aromatic carbocycles. The topological polar surface area (TPSA) is 61.4 Å². The van der Waals surface area contributed by atoms with E-state index < -0.39 is 0 Å². The van der Waals surface area contributed by atoms with E-state index >= 15 is 0 Å². The van der Waals surface area contributed by atoms with Crippen molar-refractivity contribution in [1.29, 1.82) is 0 Å². The summed E-state index contributed by atoms with van der Waals surface area (Å²) < 4.78 is 0. The first-order valence-electron chi connectivity index (χ1n) is 5.16. The molecule has 1 aliphatic rings. The van der Waals surface area contributed by atoms with Crippen molar-refractivity contribution < 1.29 is 9.90 Å². The van der Waals surface area contributed by atoms with Crippen molar-refractivity contribution in [2.45, 2.75) is 32.2 Å². The van der Waals surface area contributed by atoms with Crippen LogP contribution in [0.25, 0.3) is 0 Å². The zero-order chi connectivity index (χ0) is 10.6. The smallest absolute Gasteiger partial charge is 0.220 e. The monoisotopic (exact) mass is 200 g/mol. The fourth-order valence-corrected chi connectivity index (χ4v) is 1.53. The molecule has 1 rings (SSSR count). The molecular formula is C10H20N2O2. The Bertz CT molecular complexity index is 200. The van der Waals surface area contributed by atoms with Crippen LogP contribution < -0.4 is 10.6 Å². The maximum Gasteiger partial charge on any atom is 0.220 e. The van der Waals surface area contributed by atoms with Gasteiger partial charge in [0.2, 0.25) is 5.91 Å². The van der Waals surface area contributed by atoms with Crippen molar-refractivity contribution >= 4 is 5.91 Å². The fourth-order valence-electron chi connectivity index (χ4n) is 1.53. The lowest BCUT2D eigenvalue weighted by molar-refractivity contribution is -0.124. The van der Waals surface area contributed by atoms with Gasteiger partial charge in [0.25, 0.3) is 0 Å². The second-order valence-electron chi connectivity index (χ2n) is 4.63. The fraction of sp³-hybridized carbons (Fsp3) is 0.900. The molecule has 4 heteroatoms. The third kappa shape index (κ3) is 3.64. The van der Waals surface area contributed by atoms with Gasteiger partial charge in [0.1, 0.15) is 0 Å². The molecule has 1 fully saturated rings. The van der Waals surface area contributed by atoms with Crippen LogP contribution in [0.5, 0.6) is 0 Å². The molecule has 4 nitrogen and oxygen atoms in total.